The van der Waals surface area contributed by atoms with Crippen molar-refractivity contribution < 1.29 is 4.68 Å². The number of hydrogen-bond donors (Lipinski definition) is 1. The second-order valence-corrected chi connectivity index (χ2v) is 6.15. The first-order valence-electron chi connectivity index (χ1n) is 5.49. The lowest BCUT2D eigenvalue weighted by Crippen LogP contribution is -2.40. The summed E-state index contributed by atoms with van der Waals surface area (Å²) in [7, 11) is 0. The largest absolute Gasteiger partial charge is 0.213 e. The van der Waals surface area contributed by atoms with Gasteiger partial charge >= 0.3 is 0 Å². The molecule has 0 bridgehead atoms. The molecule has 2 nitrogen and oxygen atoms in total. The summed E-state index contributed by atoms with van der Waals surface area (Å²) in [4.78, 5) is 0. The van der Waals surface area contributed by atoms with E-state index in [1.807, 2.05) is 12.3 Å². The molecule has 0 fully saturated rings. The van der Waals surface area contributed by atoms with Crippen LogP contribution in [0.2, 0.25) is 0 Å². The van der Waals surface area contributed by atoms with Gasteiger partial charge in [-0.1, -0.05) is 46.2 Å². The second kappa shape index (κ2) is 3.84. The molecule has 0 spiro atoms. The number of nitrogens with zero attached hydrogens (tertiary/aromatic N) is 1. The Balaban J connectivity index is 3.17. The van der Waals surface area contributed by atoms with Crippen molar-refractivity contribution in [1.29, 1.82) is 0 Å². The molecule has 1 aromatic rings. The maximum atomic E-state index is 3.21. The lowest BCUT2D eigenvalue weighted by atomic mass is 9.85. The predicted molar refractivity (Wildman–Crippen MR) is 64.2 cm³/mol. The van der Waals surface area contributed by atoms with Gasteiger partial charge in [-0.2, -0.15) is 5.10 Å². The SMILES string of the molecule is CC(C)(C)/C=C(\[n+]1ccc[nH]1)C(C)(C)C. The Kier molecular flexibility index (Phi) is 3.08. The van der Waals surface area contributed by atoms with Gasteiger partial charge in [-0.25, -0.2) is 0 Å². The minimum Gasteiger partial charge on any atom is -0.168 e. The fraction of sp³-hybridized carbons (Fsp3) is 0.615. The van der Waals surface area contributed by atoms with Gasteiger partial charge in [0, 0.05) is 11.5 Å². The second-order valence-electron chi connectivity index (χ2n) is 6.15. The molecule has 0 aliphatic rings. The number of hydrogen-bond acceptors (Lipinski definition) is 0. The van der Waals surface area contributed by atoms with Gasteiger partial charge < -0.3 is 0 Å². The molecule has 0 amide bonds. The van der Waals surface area contributed by atoms with Crippen molar-refractivity contribution in [3.8, 4) is 0 Å². The van der Waals surface area contributed by atoms with E-state index in [-0.39, 0.29) is 10.8 Å². The molecule has 1 rings (SSSR count). The van der Waals surface area contributed by atoms with Gasteiger partial charge in [0.1, 0.15) is 0 Å². The normalized spacial score (nSPS) is 14.4. The van der Waals surface area contributed by atoms with Gasteiger partial charge in [-0.05, 0) is 11.5 Å². The van der Waals surface area contributed by atoms with Crippen molar-refractivity contribution in [3.63, 3.8) is 0 Å². The highest BCUT2D eigenvalue weighted by molar-refractivity contribution is 5.40. The van der Waals surface area contributed by atoms with E-state index in [2.05, 4.69) is 63.6 Å². The lowest BCUT2D eigenvalue weighted by Gasteiger charge is -2.20. The zero-order valence-corrected chi connectivity index (χ0v) is 10.8. The quantitative estimate of drug-likeness (QED) is 0.682. The highest BCUT2D eigenvalue weighted by Crippen LogP contribution is 2.29. The minimum absolute atomic E-state index is 0.142. The molecule has 0 unspecified atom stereocenters. The molecule has 0 aromatic carbocycles. The lowest BCUT2D eigenvalue weighted by molar-refractivity contribution is -0.648. The van der Waals surface area contributed by atoms with E-state index < -0.39 is 0 Å². The van der Waals surface area contributed by atoms with Crippen LogP contribution in [0, 0.1) is 10.8 Å². The van der Waals surface area contributed by atoms with Crippen molar-refractivity contribution in [2.75, 3.05) is 0 Å². The third kappa shape index (κ3) is 3.54. The van der Waals surface area contributed by atoms with Crippen molar-refractivity contribution in [3.05, 3.63) is 24.5 Å². The standard InChI is InChI=1S/C13H22N2/c1-12(2,3)10-11(13(4,5)6)15-9-7-8-14-15/h7-10H,1-6H3/p+1/b11-10-. The molecule has 0 atom stereocenters. The summed E-state index contributed by atoms with van der Waals surface area (Å²) < 4.78 is 2.09. The molecular formula is C13H23N2+. The average molecular weight is 207 g/mol. The summed E-state index contributed by atoms with van der Waals surface area (Å²) in [5.41, 5.74) is 1.64. The average Bonchev–Trinajstić information content (AvgIpc) is 2.47. The molecule has 2 heteroatoms. The monoisotopic (exact) mass is 207 g/mol. The molecule has 0 aliphatic heterocycles. The summed E-state index contributed by atoms with van der Waals surface area (Å²) in [5, 5.41) is 3.21. The van der Waals surface area contributed by atoms with E-state index in [0.717, 1.165) is 0 Å². The van der Waals surface area contributed by atoms with Gasteiger partial charge in [0.15, 0.2) is 0 Å². The summed E-state index contributed by atoms with van der Waals surface area (Å²) in [6, 6.07) is 2.02. The van der Waals surface area contributed by atoms with Crippen LogP contribution in [-0.4, -0.2) is 5.10 Å². The predicted octanol–water partition coefficient (Wildman–Crippen LogP) is 3.24. The van der Waals surface area contributed by atoms with Crippen LogP contribution in [0.15, 0.2) is 24.5 Å². The van der Waals surface area contributed by atoms with Crippen LogP contribution in [0.1, 0.15) is 41.5 Å². The van der Waals surface area contributed by atoms with E-state index in [4.69, 9.17) is 0 Å². The van der Waals surface area contributed by atoms with Crippen molar-refractivity contribution >= 4 is 5.70 Å². The van der Waals surface area contributed by atoms with Gasteiger partial charge in [-0.3, -0.25) is 0 Å². The Hall–Kier alpha value is -1.05. The maximum absolute atomic E-state index is 3.21. The molecule has 1 N–H and O–H groups in total. The van der Waals surface area contributed by atoms with Crippen LogP contribution >= 0.6 is 0 Å². The van der Waals surface area contributed by atoms with Crippen LogP contribution in [-0.2, 0) is 0 Å². The third-order valence-corrected chi connectivity index (χ3v) is 2.14. The van der Waals surface area contributed by atoms with E-state index in [0.29, 0.717) is 0 Å². The smallest absolute Gasteiger partial charge is 0.168 e. The van der Waals surface area contributed by atoms with Crippen molar-refractivity contribution in [2.24, 2.45) is 10.8 Å². The van der Waals surface area contributed by atoms with Crippen LogP contribution in [0.5, 0.6) is 0 Å². The Morgan fingerprint density at radius 2 is 1.73 bits per heavy atom. The zero-order valence-electron chi connectivity index (χ0n) is 10.8. The summed E-state index contributed by atoms with van der Waals surface area (Å²) in [6.45, 7) is 13.4. The molecule has 0 saturated carbocycles. The molecule has 15 heavy (non-hydrogen) atoms. The third-order valence-electron chi connectivity index (χ3n) is 2.14. The molecule has 0 aliphatic carbocycles. The molecule has 1 heterocycles. The van der Waals surface area contributed by atoms with Gasteiger partial charge in [0.2, 0.25) is 11.9 Å². The molecule has 0 saturated heterocycles. The topological polar surface area (TPSA) is 19.7 Å². The van der Waals surface area contributed by atoms with E-state index in [9.17, 15) is 0 Å². The van der Waals surface area contributed by atoms with Crippen LogP contribution in [0.4, 0.5) is 0 Å². The molecule has 84 valence electrons. The Bertz CT molecular complexity index is 332. The molecular weight excluding hydrogens is 184 g/mol. The van der Waals surface area contributed by atoms with E-state index in [1.54, 1.807) is 0 Å². The number of H-pyrrole nitrogens is 1. The molecule has 1 aromatic heterocycles. The number of allylic oxidation sites excluding steroid dienone is 2. The van der Waals surface area contributed by atoms with Crippen molar-refractivity contribution in [2.45, 2.75) is 41.5 Å². The molecule has 0 radical (unpaired) electrons. The number of nitrogens with one attached hydrogen (secondary N) is 1. The Labute approximate surface area is 93.0 Å². The highest BCUT2D eigenvalue weighted by atomic mass is 15.3. The van der Waals surface area contributed by atoms with Crippen LogP contribution in [0.25, 0.3) is 5.70 Å². The van der Waals surface area contributed by atoms with E-state index in [1.165, 1.54) is 5.70 Å². The zero-order chi connectivity index (χ0) is 11.7. The Morgan fingerprint density at radius 3 is 2.07 bits per heavy atom. The minimum atomic E-state index is 0.142. The Morgan fingerprint density at radius 1 is 1.13 bits per heavy atom. The fourth-order valence-electron chi connectivity index (χ4n) is 1.50. The maximum Gasteiger partial charge on any atom is 0.213 e. The first-order valence-corrected chi connectivity index (χ1v) is 5.49. The summed E-state index contributed by atoms with van der Waals surface area (Å²) >= 11 is 0. The fourth-order valence-corrected chi connectivity index (χ4v) is 1.50. The number of aromatic amines is 1. The summed E-state index contributed by atoms with van der Waals surface area (Å²) in [6.07, 6.45) is 6.33. The number of rotatable bonds is 1. The van der Waals surface area contributed by atoms with E-state index >= 15 is 0 Å². The van der Waals surface area contributed by atoms with Gasteiger partial charge in [-0.15, -0.1) is 0 Å². The van der Waals surface area contributed by atoms with Crippen LogP contribution in [0.3, 0.4) is 0 Å². The van der Waals surface area contributed by atoms with Gasteiger partial charge in [0.05, 0.1) is 6.20 Å². The number of aromatic nitrogens is 2. The first-order chi connectivity index (χ1) is 6.70. The summed E-state index contributed by atoms with van der Waals surface area (Å²) in [5.74, 6) is 0. The van der Waals surface area contributed by atoms with Crippen molar-refractivity contribution in [1.82, 2.24) is 5.10 Å². The highest BCUT2D eigenvalue weighted by Gasteiger charge is 2.29. The first kappa shape index (κ1) is 12.0. The van der Waals surface area contributed by atoms with Gasteiger partial charge in [0.25, 0.3) is 0 Å². The van der Waals surface area contributed by atoms with Crippen LogP contribution < -0.4 is 4.68 Å².